The number of amides is 3. The maximum absolute atomic E-state index is 15.1. The van der Waals surface area contributed by atoms with Crippen LogP contribution in [0.3, 0.4) is 0 Å². The zero-order chi connectivity index (χ0) is 23.8. The Labute approximate surface area is 196 Å². The van der Waals surface area contributed by atoms with Crippen molar-refractivity contribution in [3.8, 4) is 6.07 Å². The number of imide groups is 1. The molecule has 0 bridgehead atoms. The largest absolute Gasteiger partial charge is 0.367 e. The third-order valence-electron chi connectivity index (χ3n) is 6.84. The lowest BCUT2D eigenvalue weighted by Gasteiger charge is -2.36. The highest BCUT2D eigenvalue weighted by Crippen LogP contribution is 2.33. The lowest BCUT2D eigenvalue weighted by atomic mass is 10.0. The molecule has 3 amide bonds. The van der Waals surface area contributed by atoms with Gasteiger partial charge in [-0.05, 0) is 35.7 Å². The molecular formula is C25H24FN5O3. The highest BCUT2D eigenvalue weighted by Gasteiger charge is 2.40. The van der Waals surface area contributed by atoms with Gasteiger partial charge in [0.2, 0.25) is 11.8 Å². The fourth-order valence-electron chi connectivity index (χ4n) is 4.97. The molecule has 2 aromatic carbocycles. The lowest BCUT2D eigenvalue weighted by Crippen LogP contribution is -2.52. The van der Waals surface area contributed by atoms with Crippen LogP contribution in [0.15, 0.2) is 36.4 Å². The Morgan fingerprint density at radius 2 is 1.85 bits per heavy atom. The summed E-state index contributed by atoms with van der Waals surface area (Å²) in [5.74, 6) is -1.65. The van der Waals surface area contributed by atoms with Crippen LogP contribution in [0.5, 0.6) is 0 Å². The molecule has 0 radical (unpaired) electrons. The molecule has 1 N–H and O–H groups in total. The SMILES string of the molecule is N#Cc1ccccc1CN1CCN(c2cc3c(cc2F)C(=O)N(C2CCC(=O)NC2=O)C3)CC1. The molecular weight excluding hydrogens is 437 g/mol. The molecule has 2 fully saturated rings. The van der Waals surface area contributed by atoms with E-state index in [2.05, 4.69) is 16.3 Å². The molecule has 9 heteroatoms. The van der Waals surface area contributed by atoms with Crippen LogP contribution in [0.4, 0.5) is 10.1 Å². The van der Waals surface area contributed by atoms with Crippen molar-refractivity contribution in [3.05, 3.63) is 64.5 Å². The van der Waals surface area contributed by atoms with E-state index in [0.717, 1.165) is 18.7 Å². The van der Waals surface area contributed by atoms with Gasteiger partial charge in [-0.25, -0.2) is 4.39 Å². The summed E-state index contributed by atoms with van der Waals surface area (Å²) < 4.78 is 15.1. The number of nitriles is 1. The monoisotopic (exact) mass is 461 g/mol. The van der Waals surface area contributed by atoms with Gasteiger partial charge in [0.25, 0.3) is 5.91 Å². The second kappa shape index (κ2) is 8.88. The Morgan fingerprint density at radius 3 is 2.59 bits per heavy atom. The number of halogens is 1. The van der Waals surface area contributed by atoms with Crippen LogP contribution in [-0.4, -0.2) is 59.7 Å². The Hall–Kier alpha value is -3.77. The summed E-state index contributed by atoms with van der Waals surface area (Å²) in [4.78, 5) is 42.2. The van der Waals surface area contributed by atoms with Gasteiger partial charge in [0.1, 0.15) is 11.9 Å². The van der Waals surface area contributed by atoms with Gasteiger partial charge >= 0.3 is 0 Å². The summed E-state index contributed by atoms with van der Waals surface area (Å²) in [7, 11) is 0. The zero-order valence-electron chi connectivity index (χ0n) is 18.6. The Morgan fingerprint density at radius 1 is 1.09 bits per heavy atom. The highest BCUT2D eigenvalue weighted by atomic mass is 19.1. The molecule has 1 atom stereocenters. The van der Waals surface area contributed by atoms with E-state index < -0.39 is 17.8 Å². The Kier molecular flexibility index (Phi) is 5.75. The highest BCUT2D eigenvalue weighted by molar-refractivity contribution is 6.05. The average molecular weight is 461 g/mol. The molecule has 0 spiro atoms. The number of fused-ring (bicyclic) bond motifs is 1. The summed E-state index contributed by atoms with van der Waals surface area (Å²) >= 11 is 0. The van der Waals surface area contributed by atoms with Crippen molar-refractivity contribution in [1.82, 2.24) is 15.1 Å². The summed E-state index contributed by atoms with van der Waals surface area (Å²) in [6.45, 7) is 3.57. The first kappa shape index (κ1) is 22.0. The quantitative estimate of drug-likeness (QED) is 0.698. The fraction of sp³-hybridized carbons (Fsp3) is 0.360. The number of carbonyl (C=O) groups excluding carboxylic acids is 3. The number of anilines is 1. The Balaban J connectivity index is 1.27. The first-order valence-corrected chi connectivity index (χ1v) is 11.4. The van der Waals surface area contributed by atoms with Gasteiger partial charge in [-0.15, -0.1) is 0 Å². The first-order valence-electron chi connectivity index (χ1n) is 11.4. The van der Waals surface area contributed by atoms with Gasteiger partial charge in [-0.1, -0.05) is 18.2 Å². The van der Waals surface area contributed by atoms with Gasteiger partial charge in [0, 0.05) is 51.3 Å². The summed E-state index contributed by atoms with van der Waals surface area (Å²) in [5, 5.41) is 11.6. The van der Waals surface area contributed by atoms with E-state index in [1.807, 2.05) is 29.2 Å². The Bertz CT molecular complexity index is 1220. The molecule has 3 aliphatic rings. The molecule has 0 aliphatic carbocycles. The van der Waals surface area contributed by atoms with Crippen molar-refractivity contribution in [2.45, 2.75) is 32.0 Å². The van der Waals surface area contributed by atoms with E-state index >= 15 is 4.39 Å². The van der Waals surface area contributed by atoms with Crippen LogP contribution in [0.25, 0.3) is 0 Å². The van der Waals surface area contributed by atoms with Crippen molar-refractivity contribution in [3.63, 3.8) is 0 Å². The van der Waals surface area contributed by atoms with Gasteiger partial charge in [-0.2, -0.15) is 5.26 Å². The van der Waals surface area contributed by atoms with Crippen LogP contribution in [0, 0.1) is 17.1 Å². The number of hydrogen-bond acceptors (Lipinski definition) is 6. The van der Waals surface area contributed by atoms with Crippen LogP contribution < -0.4 is 10.2 Å². The molecule has 5 rings (SSSR count). The van der Waals surface area contributed by atoms with Gasteiger partial charge in [0.05, 0.1) is 17.3 Å². The summed E-state index contributed by atoms with van der Waals surface area (Å²) in [6, 6.07) is 12.0. The van der Waals surface area contributed by atoms with Crippen LogP contribution in [0.2, 0.25) is 0 Å². The normalized spacial score (nSPS) is 20.8. The number of benzene rings is 2. The predicted molar refractivity (Wildman–Crippen MR) is 121 cm³/mol. The fourth-order valence-corrected chi connectivity index (χ4v) is 4.97. The average Bonchev–Trinajstić information content (AvgIpc) is 3.14. The summed E-state index contributed by atoms with van der Waals surface area (Å²) in [5.41, 5.74) is 3.07. The topological polar surface area (TPSA) is 96.8 Å². The maximum atomic E-state index is 15.1. The van der Waals surface area contributed by atoms with Crippen molar-refractivity contribution in [1.29, 1.82) is 5.26 Å². The van der Waals surface area contributed by atoms with Crippen LogP contribution in [0.1, 0.15) is 39.9 Å². The molecule has 2 aromatic rings. The molecule has 3 aliphatic heterocycles. The number of rotatable bonds is 4. The third-order valence-corrected chi connectivity index (χ3v) is 6.84. The van der Waals surface area contributed by atoms with Crippen molar-refractivity contribution in [2.75, 3.05) is 31.1 Å². The van der Waals surface area contributed by atoms with Crippen molar-refractivity contribution in [2.24, 2.45) is 0 Å². The first-order chi connectivity index (χ1) is 16.4. The zero-order valence-corrected chi connectivity index (χ0v) is 18.6. The molecule has 0 saturated carbocycles. The van der Waals surface area contributed by atoms with E-state index in [1.165, 1.54) is 11.0 Å². The lowest BCUT2D eigenvalue weighted by molar-refractivity contribution is -0.136. The molecule has 1 unspecified atom stereocenters. The smallest absolute Gasteiger partial charge is 0.255 e. The standard InChI is InChI=1S/C25H24FN5O3/c26-20-12-19-18(15-31(25(19)34)21-5-6-23(32)28-24(21)33)11-22(20)30-9-7-29(8-10-30)14-17-4-2-1-3-16(17)13-27/h1-4,11-12,21H,5-10,14-15H2,(H,28,32,33). The minimum atomic E-state index is -0.719. The number of piperazine rings is 1. The second-order valence-corrected chi connectivity index (χ2v) is 8.89. The molecule has 174 valence electrons. The second-order valence-electron chi connectivity index (χ2n) is 8.89. The predicted octanol–water partition coefficient (Wildman–Crippen LogP) is 1.78. The number of hydrogen-bond donors (Lipinski definition) is 1. The third kappa shape index (κ3) is 4.01. The van der Waals surface area contributed by atoms with Crippen molar-refractivity contribution < 1.29 is 18.8 Å². The summed E-state index contributed by atoms with van der Waals surface area (Å²) in [6.07, 6.45) is 0.454. The maximum Gasteiger partial charge on any atom is 0.255 e. The number of carbonyl (C=O) groups is 3. The molecule has 34 heavy (non-hydrogen) atoms. The van der Waals surface area contributed by atoms with E-state index in [-0.39, 0.29) is 36.8 Å². The number of piperidine rings is 1. The van der Waals surface area contributed by atoms with Gasteiger partial charge < -0.3 is 9.80 Å². The van der Waals surface area contributed by atoms with Crippen LogP contribution >= 0.6 is 0 Å². The number of nitrogens with one attached hydrogen (secondary N) is 1. The van der Waals surface area contributed by atoms with E-state index in [9.17, 15) is 19.6 Å². The van der Waals surface area contributed by atoms with Gasteiger partial charge in [-0.3, -0.25) is 24.6 Å². The molecule has 0 aromatic heterocycles. The number of nitrogens with zero attached hydrogens (tertiary/aromatic N) is 4. The molecule has 2 saturated heterocycles. The minimum absolute atomic E-state index is 0.180. The van der Waals surface area contributed by atoms with Crippen LogP contribution in [-0.2, 0) is 22.7 Å². The van der Waals surface area contributed by atoms with Crippen molar-refractivity contribution >= 4 is 23.4 Å². The molecule has 8 nitrogen and oxygen atoms in total. The molecule has 3 heterocycles. The van der Waals surface area contributed by atoms with E-state index in [4.69, 9.17) is 0 Å². The van der Waals surface area contributed by atoms with Gasteiger partial charge in [0.15, 0.2) is 0 Å². The van der Waals surface area contributed by atoms with E-state index in [1.54, 1.807) is 6.07 Å². The minimum Gasteiger partial charge on any atom is -0.367 e. The van der Waals surface area contributed by atoms with E-state index in [0.29, 0.717) is 36.4 Å².